The summed E-state index contributed by atoms with van der Waals surface area (Å²) in [5.74, 6) is 0.916. The number of amides is 1. The Morgan fingerprint density at radius 2 is 2.22 bits per heavy atom. The summed E-state index contributed by atoms with van der Waals surface area (Å²) in [5, 5.41) is 2.91. The standard InChI is InChI=1S/C13H18BrN3O/c14-10-7-11(12(15)17-8-10)13(18)16-6-5-9-3-1-2-4-9/h7-9H,1-6H2,(H2,15,17)(H,16,18). The van der Waals surface area contributed by atoms with Gasteiger partial charge in [-0.2, -0.15) is 0 Å². The van der Waals surface area contributed by atoms with Crippen LogP contribution < -0.4 is 11.1 Å². The number of hydrogen-bond donors (Lipinski definition) is 2. The predicted octanol–water partition coefficient (Wildman–Crippen LogP) is 2.74. The Balaban J connectivity index is 1.85. The number of rotatable bonds is 4. The van der Waals surface area contributed by atoms with Crippen LogP contribution in [0.1, 0.15) is 42.5 Å². The molecule has 1 amide bonds. The molecule has 0 saturated heterocycles. The Labute approximate surface area is 115 Å². The summed E-state index contributed by atoms with van der Waals surface area (Å²) in [7, 11) is 0. The van der Waals surface area contributed by atoms with Crippen LogP contribution in [0.5, 0.6) is 0 Å². The van der Waals surface area contributed by atoms with Crippen molar-refractivity contribution in [1.29, 1.82) is 0 Å². The van der Waals surface area contributed by atoms with Gasteiger partial charge < -0.3 is 11.1 Å². The van der Waals surface area contributed by atoms with Crippen LogP contribution in [0.25, 0.3) is 0 Å². The molecule has 0 aliphatic heterocycles. The topological polar surface area (TPSA) is 68.0 Å². The molecule has 3 N–H and O–H groups in total. The Kier molecular flexibility index (Phi) is 4.58. The monoisotopic (exact) mass is 311 g/mol. The molecule has 1 aliphatic rings. The van der Waals surface area contributed by atoms with Crippen molar-refractivity contribution >= 4 is 27.7 Å². The summed E-state index contributed by atoms with van der Waals surface area (Å²) in [4.78, 5) is 15.9. The van der Waals surface area contributed by atoms with Gasteiger partial charge in [0.15, 0.2) is 0 Å². The number of halogens is 1. The van der Waals surface area contributed by atoms with Crippen LogP contribution in [0.2, 0.25) is 0 Å². The van der Waals surface area contributed by atoms with Gasteiger partial charge in [0.1, 0.15) is 5.82 Å². The number of nitrogen functional groups attached to an aromatic ring is 1. The van der Waals surface area contributed by atoms with Gasteiger partial charge >= 0.3 is 0 Å². The molecule has 0 aromatic carbocycles. The second-order valence-electron chi connectivity index (χ2n) is 4.78. The average molecular weight is 312 g/mol. The quantitative estimate of drug-likeness (QED) is 0.898. The van der Waals surface area contributed by atoms with E-state index in [0.29, 0.717) is 5.56 Å². The van der Waals surface area contributed by atoms with Gasteiger partial charge in [0, 0.05) is 17.2 Å². The molecular formula is C13H18BrN3O. The molecule has 1 heterocycles. The first-order valence-corrected chi connectivity index (χ1v) is 7.15. The molecule has 1 aromatic heterocycles. The number of anilines is 1. The molecule has 98 valence electrons. The van der Waals surface area contributed by atoms with Crippen LogP contribution in [0.15, 0.2) is 16.7 Å². The maximum absolute atomic E-state index is 11.9. The number of hydrogen-bond acceptors (Lipinski definition) is 3. The van der Waals surface area contributed by atoms with Gasteiger partial charge in [-0.05, 0) is 34.3 Å². The van der Waals surface area contributed by atoms with Crippen molar-refractivity contribution in [1.82, 2.24) is 10.3 Å². The molecular weight excluding hydrogens is 294 g/mol. The van der Waals surface area contributed by atoms with Crippen molar-refractivity contribution in [3.63, 3.8) is 0 Å². The number of aromatic nitrogens is 1. The van der Waals surface area contributed by atoms with E-state index in [9.17, 15) is 4.79 Å². The van der Waals surface area contributed by atoms with E-state index >= 15 is 0 Å². The molecule has 18 heavy (non-hydrogen) atoms. The molecule has 1 fully saturated rings. The number of carbonyl (C=O) groups excluding carboxylic acids is 1. The second kappa shape index (κ2) is 6.18. The zero-order chi connectivity index (χ0) is 13.0. The van der Waals surface area contributed by atoms with E-state index < -0.39 is 0 Å². The van der Waals surface area contributed by atoms with E-state index in [0.717, 1.165) is 23.4 Å². The van der Waals surface area contributed by atoms with E-state index in [1.807, 2.05) is 0 Å². The third-order valence-corrected chi connectivity index (χ3v) is 3.88. The number of pyridine rings is 1. The molecule has 0 radical (unpaired) electrons. The minimum absolute atomic E-state index is 0.140. The minimum atomic E-state index is -0.140. The van der Waals surface area contributed by atoms with Crippen LogP contribution in [-0.2, 0) is 0 Å². The van der Waals surface area contributed by atoms with E-state index in [1.165, 1.54) is 25.7 Å². The van der Waals surface area contributed by atoms with E-state index in [-0.39, 0.29) is 11.7 Å². The fraction of sp³-hybridized carbons (Fsp3) is 0.538. The first kappa shape index (κ1) is 13.3. The van der Waals surface area contributed by atoms with Gasteiger partial charge in [0.05, 0.1) is 5.56 Å². The fourth-order valence-electron chi connectivity index (χ4n) is 2.42. The Hall–Kier alpha value is -1.10. The first-order chi connectivity index (χ1) is 8.66. The van der Waals surface area contributed by atoms with Crippen molar-refractivity contribution in [2.24, 2.45) is 5.92 Å². The highest BCUT2D eigenvalue weighted by Gasteiger charge is 2.16. The molecule has 5 heteroatoms. The van der Waals surface area contributed by atoms with Gasteiger partial charge in [-0.3, -0.25) is 4.79 Å². The van der Waals surface area contributed by atoms with Gasteiger partial charge in [-0.1, -0.05) is 25.7 Å². The summed E-state index contributed by atoms with van der Waals surface area (Å²) in [6.45, 7) is 0.718. The van der Waals surface area contributed by atoms with Crippen molar-refractivity contribution in [3.05, 3.63) is 22.3 Å². The van der Waals surface area contributed by atoms with E-state index in [2.05, 4.69) is 26.2 Å². The summed E-state index contributed by atoms with van der Waals surface area (Å²) in [6, 6.07) is 1.70. The third kappa shape index (κ3) is 3.45. The van der Waals surface area contributed by atoms with Crippen molar-refractivity contribution in [2.45, 2.75) is 32.1 Å². The Morgan fingerprint density at radius 1 is 1.50 bits per heavy atom. The molecule has 0 bridgehead atoms. The zero-order valence-corrected chi connectivity index (χ0v) is 11.9. The van der Waals surface area contributed by atoms with Gasteiger partial charge in [0.25, 0.3) is 5.91 Å². The molecule has 4 nitrogen and oxygen atoms in total. The minimum Gasteiger partial charge on any atom is -0.383 e. The Morgan fingerprint density at radius 3 is 2.94 bits per heavy atom. The largest absolute Gasteiger partial charge is 0.383 e. The first-order valence-electron chi connectivity index (χ1n) is 6.36. The molecule has 0 unspecified atom stereocenters. The zero-order valence-electron chi connectivity index (χ0n) is 10.3. The van der Waals surface area contributed by atoms with E-state index in [1.54, 1.807) is 12.3 Å². The Bertz CT molecular complexity index is 430. The van der Waals surface area contributed by atoms with Crippen LogP contribution in [-0.4, -0.2) is 17.4 Å². The van der Waals surface area contributed by atoms with Gasteiger partial charge in [0.2, 0.25) is 0 Å². The smallest absolute Gasteiger partial charge is 0.255 e. The lowest BCUT2D eigenvalue weighted by atomic mass is 10.0. The highest BCUT2D eigenvalue weighted by molar-refractivity contribution is 9.10. The van der Waals surface area contributed by atoms with Gasteiger partial charge in [-0.25, -0.2) is 4.98 Å². The number of nitrogens with one attached hydrogen (secondary N) is 1. The molecule has 1 aromatic rings. The molecule has 1 aliphatic carbocycles. The highest BCUT2D eigenvalue weighted by Crippen LogP contribution is 2.27. The average Bonchev–Trinajstić information content (AvgIpc) is 2.85. The third-order valence-electron chi connectivity index (χ3n) is 3.44. The van der Waals surface area contributed by atoms with Crippen LogP contribution in [0, 0.1) is 5.92 Å². The van der Waals surface area contributed by atoms with Crippen molar-refractivity contribution in [2.75, 3.05) is 12.3 Å². The number of nitrogens with two attached hydrogens (primary N) is 1. The lowest BCUT2D eigenvalue weighted by molar-refractivity contribution is 0.0952. The van der Waals surface area contributed by atoms with Crippen molar-refractivity contribution < 1.29 is 4.79 Å². The molecule has 1 saturated carbocycles. The van der Waals surface area contributed by atoms with Crippen molar-refractivity contribution in [3.8, 4) is 0 Å². The van der Waals surface area contributed by atoms with Crippen LogP contribution >= 0.6 is 15.9 Å². The number of carbonyl (C=O) groups is 1. The summed E-state index contributed by atoms with van der Waals surface area (Å²) in [5.41, 5.74) is 6.13. The number of nitrogens with zero attached hydrogens (tertiary/aromatic N) is 1. The van der Waals surface area contributed by atoms with Crippen LogP contribution in [0.3, 0.4) is 0 Å². The summed E-state index contributed by atoms with van der Waals surface area (Å²) < 4.78 is 0.762. The molecule has 2 rings (SSSR count). The van der Waals surface area contributed by atoms with E-state index in [4.69, 9.17) is 5.73 Å². The lowest BCUT2D eigenvalue weighted by Crippen LogP contribution is -2.26. The highest BCUT2D eigenvalue weighted by atomic mass is 79.9. The predicted molar refractivity (Wildman–Crippen MR) is 75.3 cm³/mol. The molecule has 0 atom stereocenters. The normalized spacial score (nSPS) is 15.8. The van der Waals surface area contributed by atoms with Crippen LogP contribution in [0.4, 0.5) is 5.82 Å². The second-order valence-corrected chi connectivity index (χ2v) is 5.70. The lowest BCUT2D eigenvalue weighted by Gasteiger charge is -2.10. The maximum atomic E-state index is 11.9. The molecule has 0 spiro atoms. The summed E-state index contributed by atoms with van der Waals surface area (Å²) >= 11 is 3.29. The van der Waals surface area contributed by atoms with Gasteiger partial charge in [-0.15, -0.1) is 0 Å². The maximum Gasteiger partial charge on any atom is 0.255 e. The summed E-state index contributed by atoms with van der Waals surface area (Å²) in [6.07, 6.45) is 7.92. The SMILES string of the molecule is Nc1ncc(Br)cc1C(=O)NCCC1CCCC1. The fourth-order valence-corrected chi connectivity index (χ4v) is 2.75.